The van der Waals surface area contributed by atoms with Crippen molar-refractivity contribution in [3.8, 4) is 11.3 Å². The predicted octanol–water partition coefficient (Wildman–Crippen LogP) is 3.49. The molecule has 2 aliphatic rings. The van der Waals surface area contributed by atoms with E-state index < -0.39 is 0 Å². The zero-order chi connectivity index (χ0) is 24.2. The maximum absolute atomic E-state index is 12.5. The van der Waals surface area contributed by atoms with Crippen LogP contribution >= 0.6 is 0 Å². The molecule has 9 heteroatoms. The number of rotatable bonds is 8. The molecule has 1 saturated carbocycles. The summed E-state index contributed by atoms with van der Waals surface area (Å²) in [7, 11) is 2.18. The molecule has 0 unspecified atom stereocenters. The molecule has 35 heavy (non-hydrogen) atoms. The number of nitrogens with zero attached hydrogens (tertiary/aromatic N) is 6. The molecule has 1 aliphatic heterocycles. The largest absolute Gasteiger partial charge is 0.393 e. The van der Waals surface area contributed by atoms with Gasteiger partial charge in [-0.2, -0.15) is 10.1 Å². The monoisotopic (exact) mass is 481 g/mol. The van der Waals surface area contributed by atoms with Crippen molar-refractivity contribution < 1.29 is 9.50 Å². The average Bonchev–Trinajstić information content (AvgIpc) is 3.25. The van der Waals surface area contributed by atoms with Gasteiger partial charge in [0.25, 0.3) is 0 Å². The molecule has 0 spiro atoms. The Morgan fingerprint density at radius 2 is 1.80 bits per heavy atom. The molecule has 8 nitrogen and oxygen atoms in total. The van der Waals surface area contributed by atoms with Gasteiger partial charge in [-0.15, -0.1) is 0 Å². The lowest BCUT2D eigenvalue weighted by atomic mass is 9.93. The molecule has 0 amide bonds. The molecular formula is C26H36FN7O. The fraction of sp³-hybridized carbons (Fsp3) is 0.577. The van der Waals surface area contributed by atoms with E-state index in [2.05, 4.69) is 51.4 Å². The second-order valence-corrected chi connectivity index (χ2v) is 9.93. The number of aliphatic hydroxyl groups excluding tert-OH is 1. The maximum Gasteiger partial charge on any atom is 0.224 e. The summed E-state index contributed by atoms with van der Waals surface area (Å²) in [4.78, 5) is 14.1. The Labute approximate surface area is 206 Å². The van der Waals surface area contributed by atoms with Gasteiger partial charge in [-0.05, 0) is 44.7 Å². The van der Waals surface area contributed by atoms with Crippen molar-refractivity contribution in [2.24, 2.45) is 0 Å². The highest BCUT2D eigenvalue weighted by atomic mass is 19.1. The fourth-order valence-electron chi connectivity index (χ4n) is 5.08. The summed E-state index contributed by atoms with van der Waals surface area (Å²) in [5.41, 5.74) is 4.03. The Balaban J connectivity index is 1.41. The Kier molecular flexibility index (Phi) is 7.55. The van der Waals surface area contributed by atoms with Crippen molar-refractivity contribution in [2.75, 3.05) is 51.8 Å². The van der Waals surface area contributed by atoms with Gasteiger partial charge < -0.3 is 15.3 Å². The van der Waals surface area contributed by atoms with Crippen molar-refractivity contribution in [1.29, 1.82) is 0 Å². The van der Waals surface area contributed by atoms with E-state index in [9.17, 15) is 9.50 Å². The summed E-state index contributed by atoms with van der Waals surface area (Å²) < 4.78 is 14.6. The Bertz CT molecular complexity index is 1100. The molecule has 0 bridgehead atoms. The summed E-state index contributed by atoms with van der Waals surface area (Å²) in [6.07, 6.45) is 5.31. The molecule has 2 N–H and O–H groups in total. The lowest BCUT2D eigenvalue weighted by molar-refractivity contribution is 0.109. The number of aliphatic hydroxyl groups is 1. The number of nitrogens with one attached hydrogen (secondary N) is 1. The number of likely N-dealkylation sites (N-methyl/N-ethyl adjacent to an activating group) is 1. The number of hydrogen-bond donors (Lipinski definition) is 2. The van der Waals surface area contributed by atoms with Crippen LogP contribution in [0, 0.1) is 0 Å². The van der Waals surface area contributed by atoms with Gasteiger partial charge >= 0.3 is 0 Å². The molecule has 5 rings (SSSR count). The van der Waals surface area contributed by atoms with Crippen molar-refractivity contribution in [3.05, 3.63) is 36.0 Å². The first-order chi connectivity index (χ1) is 17.1. The third kappa shape index (κ3) is 5.63. The van der Waals surface area contributed by atoms with Gasteiger partial charge in [0.2, 0.25) is 5.95 Å². The number of benzene rings is 1. The maximum atomic E-state index is 12.5. The molecule has 1 saturated heterocycles. The Morgan fingerprint density at radius 3 is 2.51 bits per heavy atom. The van der Waals surface area contributed by atoms with E-state index in [1.165, 1.54) is 5.56 Å². The van der Waals surface area contributed by atoms with Gasteiger partial charge in [0, 0.05) is 51.0 Å². The second kappa shape index (κ2) is 11.0. The van der Waals surface area contributed by atoms with Gasteiger partial charge in [0.1, 0.15) is 5.69 Å². The summed E-state index contributed by atoms with van der Waals surface area (Å²) in [6, 6.07) is 8.89. The highest BCUT2D eigenvalue weighted by molar-refractivity contribution is 5.91. The lowest BCUT2D eigenvalue weighted by Gasteiger charge is -2.32. The van der Waals surface area contributed by atoms with Crippen molar-refractivity contribution in [3.63, 3.8) is 0 Å². The number of fused-ring (bicyclic) bond motifs is 1. The Hall–Kier alpha value is -2.62. The normalized spacial score (nSPS) is 22.0. The van der Waals surface area contributed by atoms with Gasteiger partial charge in [0.15, 0.2) is 5.65 Å². The van der Waals surface area contributed by atoms with Crippen LogP contribution in [0.1, 0.15) is 43.7 Å². The molecular weight excluding hydrogens is 445 g/mol. The molecule has 188 valence electrons. The van der Waals surface area contributed by atoms with Crippen LogP contribution in [-0.4, -0.2) is 87.2 Å². The fourth-order valence-corrected chi connectivity index (χ4v) is 5.08. The van der Waals surface area contributed by atoms with Crippen LogP contribution in [0.2, 0.25) is 0 Å². The third-order valence-corrected chi connectivity index (χ3v) is 7.28. The van der Waals surface area contributed by atoms with Gasteiger partial charge in [-0.25, -0.2) is 9.67 Å². The number of piperazine rings is 1. The van der Waals surface area contributed by atoms with Gasteiger partial charge in [-0.3, -0.25) is 9.29 Å². The topological polar surface area (TPSA) is 82.3 Å². The van der Waals surface area contributed by atoms with Crippen LogP contribution in [0.3, 0.4) is 0 Å². The van der Waals surface area contributed by atoms with Gasteiger partial charge in [-0.1, -0.05) is 24.3 Å². The third-order valence-electron chi connectivity index (χ3n) is 7.28. The number of halogens is 1. The minimum Gasteiger partial charge on any atom is -0.393 e. The highest BCUT2D eigenvalue weighted by Gasteiger charge is 2.25. The van der Waals surface area contributed by atoms with E-state index in [0.29, 0.717) is 18.9 Å². The minimum atomic E-state index is -0.369. The molecule has 0 atom stereocenters. The van der Waals surface area contributed by atoms with Crippen LogP contribution in [-0.2, 0) is 6.54 Å². The minimum absolute atomic E-state index is 0.194. The van der Waals surface area contributed by atoms with Crippen molar-refractivity contribution >= 4 is 17.0 Å². The van der Waals surface area contributed by atoms with Crippen LogP contribution < -0.4 is 5.32 Å². The lowest BCUT2D eigenvalue weighted by Crippen LogP contribution is -2.43. The van der Waals surface area contributed by atoms with E-state index >= 15 is 0 Å². The first kappa shape index (κ1) is 24.1. The second-order valence-electron chi connectivity index (χ2n) is 9.93. The molecule has 2 fully saturated rings. The summed E-state index contributed by atoms with van der Waals surface area (Å²) in [6.45, 7) is 5.52. The van der Waals surface area contributed by atoms with E-state index in [0.717, 1.165) is 80.7 Å². The SMILES string of the molecule is CN1CCN(Cc2ccc(-c3nn([C@H]4CC[C@H](O)CC4)c4nc(NCCCF)ncc34)cc2)CC1. The van der Waals surface area contributed by atoms with Crippen molar-refractivity contribution in [1.82, 2.24) is 29.5 Å². The summed E-state index contributed by atoms with van der Waals surface area (Å²) in [5, 5.41) is 19.1. The van der Waals surface area contributed by atoms with Crippen LogP contribution in [0.5, 0.6) is 0 Å². The van der Waals surface area contributed by atoms with Crippen LogP contribution in [0.4, 0.5) is 10.3 Å². The quantitative estimate of drug-likeness (QED) is 0.477. The summed E-state index contributed by atoms with van der Waals surface area (Å²) >= 11 is 0. The first-order valence-electron chi connectivity index (χ1n) is 12.8. The number of hydrogen-bond acceptors (Lipinski definition) is 7. The Morgan fingerprint density at radius 1 is 1.06 bits per heavy atom. The van der Waals surface area contributed by atoms with E-state index in [1.54, 1.807) is 0 Å². The average molecular weight is 482 g/mol. The smallest absolute Gasteiger partial charge is 0.224 e. The van der Waals surface area contributed by atoms with E-state index in [1.807, 2.05) is 10.9 Å². The van der Waals surface area contributed by atoms with Crippen molar-refractivity contribution in [2.45, 2.75) is 50.8 Å². The molecule has 0 radical (unpaired) electrons. The molecule has 2 aromatic heterocycles. The molecule has 1 aliphatic carbocycles. The number of aromatic nitrogens is 4. The predicted molar refractivity (Wildman–Crippen MR) is 136 cm³/mol. The zero-order valence-electron chi connectivity index (χ0n) is 20.5. The molecule has 3 heterocycles. The number of anilines is 1. The molecule has 3 aromatic rings. The van der Waals surface area contributed by atoms with E-state index in [4.69, 9.17) is 10.1 Å². The van der Waals surface area contributed by atoms with Crippen LogP contribution in [0.15, 0.2) is 30.5 Å². The van der Waals surface area contributed by atoms with Crippen LogP contribution in [0.25, 0.3) is 22.3 Å². The first-order valence-corrected chi connectivity index (χ1v) is 12.8. The highest BCUT2D eigenvalue weighted by Crippen LogP contribution is 2.34. The zero-order valence-corrected chi connectivity index (χ0v) is 20.5. The van der Waals surface area contributed by atoms with E-state index in [-0.39, 0.29) is 18.8 Å². The molecule has 1 aromatic carbocycles. The van der Waals surface area contributed by atoms with Gasteiger partial charge in [0.05, 0.1) is 24.2 Å². The summed E-state index contributed by atoms with van der Waals surface area (Å²) in [5.74, 6) is 0.497. The standard InChI is InChI=1S/C26H36FN7O/c1-32-13-15-33(16-14-32)18-19-3-5-20(6-4-19)24-23-17-29-26(28-12-2-11-27)30-25(23)34(31-24)21-7-9-22(35)10-8-21/h3-6,17,21-22,35H,2,7-16,18H2,1H3,(H,28,29,30)/t21-,22-. The number of alkyl halides is 1.